The molecule has 1 aliphatic carbocycles. The van der Waals surface area contributed by atoms with Gasteiger partial charge in [-0.25, -0.2) is 14.4 Å². The summed E-state index contributed by atoms with van der Waals surface area (Å²) in [5.41, 5.74) is 4.79. The van der Waals surface area contributed by atoms with Crippen LogP contribution < -0.4 is 10.6 Å². The summed E-state index contributed by atoms with van der Waals surface area (Å²) in [7, 11) is 1.18. The van der Waals surface area contributed by atoms with Gasteiger partial charge in [0.05, 0.1) is 7.11 Å². The van der Waals surface area contributed by atoms with E-state index in [1.165, 1.54) is 31.4 Å². The molecule has 0 fully saturated rings. The van der Waals surface area contributed by atoms with Gasteiger partial charge in [0.15, 0.2) is 0 Å². The third kappa shape index (κ3) is 8.05. The van der Waals surface area contributed by atoms with Crippen LogP contribution in [0.3, 0.4) is 0 Å². The van der Waals surface area contributed by atoms with Gasteiger partial charge in [-0.15, -0.1) is 0 Å². The van der Waals surface area contributed by atoms with Crippen molar-refractivity contribution < 1.29 is 52.8 Å². The van der Waals surface area contributed by atoms with Crippen molar-refractivity contribution in [3.05, 3.63) is 95.1 Å². The van der Waals surface area contributed by atoms with Crippen molar-refractivity contribution in [1.82, 2.24) is 10.6 Å². The molecular formula is C33H32N2O11. The van der Waals surface area contributed by atoms with Gasteiger partial charge in [-0.2, -0.15) is 0 Å². The average molecular weight is 633 g/mol. The number of fused-ring (bicyclic) bond motifs is 3. The van der Waals surface area contributed by atoms with Crippen LogP contribution in [0, 0.1) is 0 Å². The summed E-state index contributed by atoms with van der Waals surface area (Å²) in [5.74, 6) is -5.25. The molecule has 0 saturated heterocycles. The summed E-state index contributed by atoms with van der Waals surface area (Å²) in [6.45, 7) is 2.01. The number of nitrogens with one attached hydrogen (secondary N) is 2. The highest BCUT2D eigenvalue weighted by atomic mass is 16.6. The number of ether oxygens (including phenoxy) is 4. The van der Waals surface area contributed by atoms with Gasteiger partial charge >= 0.3 is 30.0 Å². The Morgan fingerprint density at radius 2 is 1.35 bits per heavy atom. The minimum Gasteiger partial charge on any atom is -0.478 e. The fourth-order valence-corrected chi connectivity index (χ4v) is 5.12. The normalized spacial score (nSPS) is 13.5. The van der Waals surface area contributed by atoms with Crippen molar-refractivity contribution in [3.8, 4) is 11.1 Å². The molecule has 13 heteroatoms. The van der Waals surface area contributed by atoms with Gasteiger partial charge in [0, 0.05) is 31.7 Å². The summed E-state index contributed by atoms with van der Waals surface area (Å²) in [4.78, 5) is 72.7. The minimum atomic E-state index is -1.99. The van der Waals surface area contributed by atoms with Gasteiger partial charge in [0.2, 0.25) is 6.23 Å². The van der Waals surface area contributed by atoms with Crippen LogP contribution in [0.1, 0.15) is 46.8 Å². The number of carbonyl (C=O) groups excluding carboxylic acids is 5. The van der Waals surface area contributed by atoms with Gasteiger partial charge in [0.1, 0.15) is 12.6 Å². The number of carboxylic acid groups (broad SMARTS) is 1. The van der Waals surface area contributed by atoms with Crippen LogP contribution >= 0.6 is 0 Å². The lowest BCUT2D eigenvalue weighted by atomic mass is 9.98. The maximum Gasteiger partial charge on any atom is 0.407 e. The Kier molecular flexibility index (Phi) is 10.7. The van der Waals surface area contributed by atoms with Crippen molar-refractivity contribution in [1.29, 1.82) is 0 Å². The van der Waals surface area contributed by atoms with Crippen molar-refractivity contribution in [2.45, 2.75) is 44.6 Å². The first-order valence-electron chi connectivity index (χ1n) is 14.1. The van der Waals surface area contributed by atoms with Crippen molar-refractivity contribution in [2.75, 3.05) is 13.7 Å². The zero-order chi connectivity index (χ0) is 33.4. The number of methoxy groups -OCH3 is 1. The molecule has 3 atom stereocenters. The Balaban J connectivity index is 1.40. The van der Waals surface area contributed by atoms with Crippen molar-refractivity contribution in [3.63, 3.8) is 0 Å². The Bertz CT molecular complexity index is 1590. The first kappa shape index (κ1) is 33.2. The van der Waals surface area contributed by atoms with Gasteiger partial charge in [-0.05, 0) is 39.9 Å². The Labute approximate surface area is 263 Å². The molecule has 4 rings (SSSR count). The largest absolute Gasteiger partial charge is 0.478 e. The molecule has 13 nitrogen and oxygen atoms in total. The first-order chi connectivity index (χ1) is 22.0. The predicted octanol–water partition coefficient (Wildman–Crippen LogP) is 2.94. The van der Waals surface area contributed by atoms with E-state index >= 15 is 0 Å². The standard InChI is InChI=1S/C33H32N2O11/c1-18(36)45-28(31(39)40)30(46-19(2)37)35-29(38)21-14-12-20(13-15-21)16-27(32(41)43-3)34-33(42)44-17-26-24-10-6-4-8-22(24)23-9-5-7-11-25(23)26/h4-15,26-28,30H,16-17H2,1-3H3,(H,34,42)(H,35,38)(H,39,40)/t27-,28+,30+/m0/s1. The summed E-state index contributed by atoms with van der Waals surface area (Å²) in [6, 6.07) is 20.4. The molecular weight excluding hydrogens is 600 g/mol. The van der Waals surface area contributed by atoms with Gasteiger partial charge < -0.3 is 34.7 Å². The van der Waals surface area contributed by atoms with E-state index in [1.807, 2.05) is 48.5 Å². The van der Waals surface area contributed by atoms with E-state index in [9.17, 15) is 33.9 Å². The Morgan fingerprint density at radius 1 is 0.783 bits per heavy atom. The molecule has 3 aromatic rings. The summed E-state index contributed by atoms with van der Waals surface area (Å²) in [6.07, 6.45) is -4.63. The van der Waals surface area contributed by atoms with Crippen molar-refractivity contribution in [2.24, 2.45) is 0 Å². The molecule has 3 aromatic carbocycles. The van der Waals surface area contributed by atoms with Crippen molar-refractivity contribution >= 4 is 35.9 Å². The maximum atomic E-state index is 12.8. The fourth-order valence-electron chi connectivity index (χ4n) is 5.12. The van der Waals surface area contributed by atoms with E-state index in [4.69, 9.17) is 18.9 Å². The van der Waals surface area contributed by atoms with Crippen LogP contribution in [0.2, 0.25) is 0 Å². The van der Waals surface area contributed by atoms with Crippen LogP contribution in [0.25, 0.3) is 11.1 Å². The smallest absolute Gasteiger partial charge is 0.407 e. The molecule has 0 saturated carbocycles. The molecule has 2 amide bonds. The second-order valence-corrected chi connectivity index (χ2v) is 10.3. The van der Waals surface area contributed by atoms with Crippen LogP contribution in [0.4, 0.5) is 4.79 Å². The molecule has 0 aliphatic heterocycles. The van der Waals surface area contributed by atoms with E-state index in [0.717, 1.165) is 36.1 Å². The van der Waals surface area contributed by atoms with Gasteiger partial charge in [-0.1, -0.05) is 60.7 Å². The third-order valence-electron chi connectivity index (χ3n) is 7.15. The second kappa shape index (κ2) is 14.8. The highest BCUT2D eigenvalue weighted by Crippen LogP contribution is 2.44. The predicted molar refractivity (Wildman–Crippen MR) is 160 cm³/mol. The lowest BCUT2D eigenvalue weighted by Gasteiger charge is -2.24. The molecule has 0 unspecified atom stereocenters. The van der Waals surface area contributed by atoms with E-state index in [2.05, 4.69) is 10.6 Å². The fraction of sp³-hybridized carbons (Fsp3) is 0.273. The number of aliphatic carboxylic acids is 1. The number of benzene rings is 3. The number of hydrogen-bond acceptors (Lipinski definition) is 10. The molecule has 46 heavy (non-hydrogen) atoms. The number of carbonyl (C=O) groups is 6. The third-order valence-corrected chi connectivity index (χ3v) is 7.15. The van der Waals surface area contributed by atoms with E-state index in [0.29, 0.717) is 5.56 Å². The molecule has 1 aliphatic rings. The monoisotopic (exact) mass is 632 g/mol. The molecule has 0 radical (unpaired) electrons. The molecule has 3 N–H and O–H groups in total. The number of alkyl carbamates (subject to hydrolysis) is 1. The van der Waals surface area contributed by atoms with Crippen LogP contribution in [0.5, 0.6) is 0 Å². The zero-order valence-electron chi connectivity index (χ0n) is 25.2. The minimum absolute atomic E-state index is 0.0115. The van der Waals surface area contributed by atoms with Crippen LogP contribution in [0.15, 0.2) is 72.8 Å². The molecule has 0 bridgehead atoms. The summed E-state index contributed by atoms with van der Waals surface area (Å²) >= 11 is 0. The average Bonchev–Trinajstić information content (AvgIpc) is 3.35. The van der Waals surface area contributed by atoms with Gasteiger partial charge in [-0.3, -0.25) is 14.4 Å². The quantitative estimate of drug-likeness (QED) is 0.152. The van der Waals surface area contributed by atoms with E-state index in [1.54, 1.807) is 0 Å². The molecule has 0 spiro atoms. The topological polar surface area (TPSA) is 184 Å². The number of rotatable bonds is 12. The summed E-state index contributed by atoms with van der Waals surface area (Å²) in [5, 5.41) is 14.2. The highest BCUT2D eigenvalue weighted by Gasteiger charge is 2.35. The van der Waals surface area contributed by atoms with E-state index < -0.39 is 54.3 Å². The maximum absolute atomic E-state index is 12.8. The molecule has 0 aromatic heterocycles. The van der Waals surface area contributed by atoms with Crippen LogP contribution in [-0.2, 0) is 44.5 Å². The lowest BCUT2D eigenvalue weighted by Crippen LogP contribution is -2.51. The first-order valence-corrected chi connectivity index (χ1v) is 14.1. The second-order valence-electron chi connectivity index (χ2n) is 10.3. The Hall–Kier alpha value is -5.72. The zero-order valence-corrected chi connectivity index (χ0v) is 25.2. The lowest BCUT2D eigenvalue weighted by molar-refractivity contribution is -0.179. The number of hydrogen-bond donors (Lipinski definition) is 3. The summed E-state index contributed by atoms with van der Waals surface area (Å²) < 4.78 is 20.0. The number of amides is 2. The SMILES string of the molecule is COC(=O)[C@H](Cc1ccc(C(=O)N[C@H](OC(C)=O)[C@@H](OC(C)=O)C(=O)O)cc1)NC(=O)OCC1c2ccccc2-c2ccccc21. The number of esters is 3. The van der Waals surface area contributed by atoms with E-state index in [-0.39, 0.29) is 24.5 Å². The molecule has 0 heterocycles. The van der Waals surface area contributed by atoms with Crippen LogP contribution in [-0.4, -0.2) is 73.1 Å². The van der Waals surface area contributed by atoms with Gasteiger partial charge in [0.25, 0.3) is 12.0 Å². The Morgan fingerprint density at radius 3 is 1.87 bits per heavy atom. The highest BCUT2D eigenvalue weighted by molar-refractivity contribution is 5.95. The number of carboxylic acids is 1. The molecule has 240 valence electrons.